The Morgan fingerprint density at radius 2 is 2.05 bits per heavy atom. The maximum Gasteiger partial charge on any atom is 0.226 e. The zero-order valence-electron chi connectivity index (χ0n) is 12.3. The molecule has 0 spiro atoms. The second-order valence-electron chi connectivity index (χ2n) is 5.32. The van der Waals surface area contributed by atoms with Gasteiger partial charge < -0.3 is 15.5 Å². The Morgan fingerprint density at radius 1 is 1.35 bits per heavy atom. The third-order valence-electron chi connectivity index (χ3n) is 3.26. The summed E-state index contributed by atoms with van der Waals surface area (Å²) in [6.07, 6.45) is 0. The summed E-state index contributed by atoms with van der Waals surface area (Å²) in [5, 5.41) is 6.20. The van der Waals surface area contributed by atoms with Gasteiger partial charge in [-0.1, -0.05) is 26.0 Å². The van der Waals surface area contributed by atoms with Crippen molar-refractivity contribution in [2.24, 2.45) is 10.9 Å². The molecular weight excluding hydrogens is 252 g/mol. The summed E-state index contributed by atoms with van der Waals surface area (Å²) in [6, 6.07) is 7.88. The molecule has 108 valence electrons. The average molecular weight is 274 g/mol. The zero-order valence-corrected chi connectivity index (χ0v) is 12.3. The van der Waals surface area contributed by atoms with Gasteiger partial charge in [0.25, 0.3) is 0 Å². The van der Waals surface area contributed by atoms with E-state index in [1.165, 1.54) is 0 Å². The number of hydrogen-bond acceptors (Lipinski definition) is 4. The van der Waals surface area contributed by atoms with Gasteiger partial charge in [-0.05, 0) is 17.7 Å². The Hall–Kier alpha value is -2.04. The molecule has 0 saturated carbocycles. The molecule has 2 rings (SSSR count). The topological polar surface area (TPSA) is 56.7 Å². The van der Waals surface area contributed by atoms with Gasteiger partial charge in [0.15, 0.2) is 5.96 Å². The molecule has 0 bridgehead atoms. The number of aliphatic imine (C=N–C) groups is 1. The van der Waals surface area contributed by atoms with Crippen LogP contribution in [0, 0.1) is 5.92 Å². The van der Waals surface area contributed by atoms with Gasteiger partial charge in [0.05, 0.1) is 6.54 Å². The van der Waals surface area contributed by atoms with E-state index in [1.807, 2.05) is 45.2 Å². The molecule has 2 N–H and O–H groups in total. The van der Waals surface area contributed by atoms with E-state index in [1.54, 1.807) is 0 Å². The number of carbonyl (C=O) groups excluding carboxylic acids is 1. The number of amides is 1. The van der Waals surface area contributed by atoms with Crippen molar-refractivity contribution in [3.63, 3.8) is 0 Å². The number of benzene rings is 1. The fourth-order valence-electron chi connectivity index (χ4n) is 1.90. The molecule has 0 fully saturated rings. The Bertz CT molecular complexity index is 493. The predicted molar refractivity (Wildman–Crippen MR) is 81.7 cm³/mol. The largest absolute Gasteiger partial charge is 0.352 e. The lowest BCUT2D eigenvalue weighted by Crippen LogP contribution is -2.35. The van der Waals surface area contributed by atoms with E-state index in [2.05, 4.69) is 20.5 Å². The van der Waals surface area contributed by atoms with Gasteiger partial charge in [0.2, 0.25) is 5.91 Å². The number of rotatable bonds is 4. The van der Waals surface area contributed by atoms with Crippen LogP contribution in [0.15, 0.2) is 29.3 Å². The predicted octanol–water partition coefficient (Wildman–Crippen LogP) is 1.67. The first kappa shape index (κ1) is 14.4. The first-order valence-electron chi connectivity index (χ1n) is 6.95. The molecule has 1 amide bonds. The number of nitrogens with zero attached hydrogens (tertiary/aromatic N) is 2. The summed E-state index contributed by atoms with van der Waals surface area (Å²) in [5.41, 5.74) is 2.00. The monoisotopic (exact) mass is 274 g/mol. The lowest BCUT2D eigenvalue weighted by Gasteiger charge is -2.15. The molecule has 20 heavy (non-hydrogen) atoms. The Labute approximate surface area is 120 Å². The summed E-state index contributed by atoms with van der Waals surface area (Å²) in [4.78, 5) is 18.1. The van der Waals surface area contributed by atoms with Crippen molar-refractivity contribution >= 4 is 17.6 Å². The van der Waals surface area contributed by atoms with Crippen molar-refractivity contribution in [2.45, 2.75) is 20.4 Å². The number of likely N-dealkylation sites (N-methyl/N-ethyl adjacent to an activating group) is 1. The molecular formula is C15H22N4O. The van der Waals surface area contributed by atoms with Crippen LogP contribution in [0.25, 0.3) is 0 Å². The smallest absolute Gasteiger partial charge is 0.226 e. The number of nitrogens with one attached hydrogen (secondary N) is 2. The fourth-order valence-corrected chi connectivity index (χ4v) is 1.90. The van der Waals surface area contributed by atoms with Crippen LogP contribution in [0.3, 0.4) is 0 Å². The summed E-state index contributed by atoms with van der Waals surface area (Å²) in [7, 11) is 2.03. The number of hydrogen-bond donors (Lipinski definition) is 2. The number of anilines is 1. The van der Waals surface area contributed by atoms with Crippen LogP contribution in [0.4, 0.5) is 5.69 Å². The SMILES string of the molecule is CC(C)C(=O)Nc1ccc(CNC2=NCCN2C)cc1. The van der Waals surface area contributed by atoms with E-state index in [-0.39, 0.29) is 11.8 Å². The fraction of sp³-hybridized carbons (Fsp3) is 0.467. The van der Waals surface area contributed by atoms with Gasteiger partial charge in [0, 0.05) is 31.7 Å². The van der Waals surface area contributed by atoms with Gasteiger partial charge in [-0.3, -0.25) is 9.79 Å². The highest BCUT2D eigenvalue weighted by Gasteiger charge is 2.11. The van der Waals surface area contributed by atoms with Crippen LogP contribution in [0.2, 0.25) is 0 Å². The molecule has 1 aliphatic rings. The minimum Gasteiger partial charge on any atom is -0.352 e. The molecule has 1 aliphatic heterocycles. The molecule has 0 radical (unpaired) electrons. The molecule has 0 aliphatic carbocycles. The van der Waals surface area contributed by atoms with Gasteiger partial charge in [0.1, 0.15) is 0 Å². The Kier molecular flexibility index (Phi) is 4.61. The Balaban J connectivity index is 1.87. The minimum absolute atomic E-state index is 0.00717. The highest BCUT2D eigenvalue weighted by atomic mass is 16.1. The van der Waals surface area contributed by atoms with E-state index in [0.717, 1.165) is 36.8 Å². The van der Waals surface area contributed by atoms with Crippen LogP contribution in [0.5, 0.6) is 0 Å². The van der Waals surface area contributed by atoms with Gasteiger partial charge in [-0.15, -0.1) is 0 Å². The maximum absolute atomic E-state index is 11.6. The van der Waals surface area contributed by atoms with Crippen molar-refractivity contribution in [1.82, 2.24) is 10.2 Å². The first-order valence-corrected chi connectivity index (χ1v) is 6.95. The molecule has 1 aromatic carbocycles. The molecule has 0 atom stereocenters. The summed E-state index contributed by atoms with van der Waals surface area (Å²) >= 11 is 0. The van der Waals surface area contributed by atoms with Crippen LogP contribution in [0.1, 0.15) is 19.4 Å². The first-order chi connectivity index (χ1) is 9.56. The third kappa shape index (κ3) is 3.73. The number of guanidine groups is 1. The molecule has 0 aromatic heterocycles. The van der Waals surface area contributed by atoms with Crippen LogP contribution < -0.4 is 10.6 Å². The third-order valence-corrected chi connectivity index (χ3v) is 3.26. The number of carbonyl (C=O) groups is 1. The lowest BCUT2D eigenvalue weighted by molar-refractivity contribution is -0.118. The molecule has 1 heterocycles. The van der Waals surface area contributed by atoms with E-state index in [0.29, 0.717) is 0 Å². The van der Waals surface area contributed by atoms with E-state index in [4.69, 9.17) is 0 Å². The quantitative estimate of drug-likeness (QED) is 0.878. The molecule has 0 unspecified atom stereocenters. The van der Waals surface area contributed by atoms with Crippen molar-refractivity contribution in [1.29, 1.82) is 0 Å². The van der Waals surface area contributed by atoms with Crippen molar-refractivity contribution in [2.75, 3.05) is 25.5 Å². The van der Waals surface area contributed by atoms with E-state index in [9.17, 15) is 4.79 Å². The van der Waals surface area contributed by atoms with Crippen LogP contribution in [-0.2, 0) is 11.3 Å². The highest BCUT2D eigenvalue weighted by molar-refractivity contribution is 5.92. The summed E-state index contributed by atoms with van der Waals surface area (Å²) < 4.78 is 0. The minimum atomic E-state index is -0.00717. The highest BCUT2D eigenvalue weighted by Crippen LogP contribution is 2.11. The van der Waals surface area contributed by atoms with Crippen LogP contribution >= 0.6 is 0 Å². The molecule has 5 heteroatoms. The Morgan fingerprint density at radius 3 is 2.60 bits per heavy atom. The van der Waals surface area contributed by atoms with Crippen molar-refractivity contribution in [3.05, 3.63) is 29.8 Å². The van der Waals surface area contributed by atoms with E-state index < -0.39 is 0 Å². The van der Waals surface area contributed by atoms with Gasteiger partial charge in [-0.2, -0.15) is 0 Å². The van der Waals surface area contributed by atoms with Crippen molar-refractivity contribution < 1.29 is 4.79 Å². The van der Waals surface area contributed by atoms with Gasteiger partial charge >= 0.3 is 0 Å². The molecule has 1 aromatic rings. The average Bonchev–Trinajstić information content (AvgIpc) is 2.83. The second-order valence-corrected chi connectivity index (χ2v) is 5.32. The maximum atomic E-state index is 11.6. The summed E-state index contributed by atoms with van der Waals surface area (Å²) in [6.45, 7) is 6.34. The van der Waals surface area contributed by atoms with Crippen LogP contribution in [-0.4, -0.2) is 36.9 Å². The van der Waals surface area contributed by atoms with Gasteiger partial charge in [-0.25, -0.2) is 0 Å². The molecule has 5 nitrogen and oxygen atoms in total. The van der Waals surface area contributed by atoms with E-state index >= 15 is 0 Å². The molecule has 0 saturated heterocycles. The lowest BCUT2D eigenvalue weighted by atomic mass is 10.1. The second kappa shape index (κ2) is 6.41. The van der Waals surface area contributed by atoms with Crippen molar-refractivity contribution in [3.8, 4) is 0 Å². The normalized spacial score (nSPS) is 14.4. The summed E-state index contributed by atoms with van der Waals surface area (Å²) in [5.74, 6) is 0.979. The standard InChI is InChI=1S/C15H22N4O/c1-11(2)14(20)18-13-6-4-12(5-7-13)10-17-15-16-8-9-19(15)3/h4-7,11H,8-10H2,1-3H3,(H,16,17)(H,18,20). The zero-order chi connectivity index (χ0) is 14.5.